The highest BCUT2D eigenvalue weighted by molar-refractivity contribution is 5.66. The summed E-state index contributed by atoms with van der Waals surface area (Å²) in [6.45, 7) is 3.76. The summed E-state index contributed by atoms with van der Waals surface area (Å²) in [5.41, 5.74) is 0. The monoisotopic (exact) mass is 170 g/mol. The molecule has 2 heterocycles. The van der Waals surface area contributed by atoms with Gasteiger partial charge in [0.05, 0.1) is 0 Å². The molecule has 0 spiro atoms. The van der Waals surface area contributed by atoms with Crippen molar-refractivity contribution in [3.8, 4) is 0 Å². The molecule has 0 unspecified atom stereocenters. The Morgan fingerprint density at radius 3 is 2.33 bits per heavy atom. The summed E-state index contributed by atoms with van der Waals surface area (Å²) in [6, 6.07) is 0.517. The normalized spacial score (nSPS) is 25.8. The maximum Gasteiger partial charge on any atom is 0.407 e. The fourth-order valence-corrected chi connectivity index (χ4v) is 1.95. The van der Waals surface area contributed by atoms with E-state index in [-0.39, 0.29) is 0 Å². The maximum absolute atomic E-state index is 10.4. The van der Waals surface area contributed by atoms with Gasteiger partial charge in [-0.3, -0.25) is 4.90 Å². The largest absolute Gasteiger partial charge is 0.465 e. The molecule has 0 aromatic carbocycles. The highest BCUT2D eigenvalue weighted by atomic mass is 16.4. The molecule has 2 aliphatic rings. The van der Waals surface area contributed by atoms with Crippen molar-refractivity contribution >= 4 is 6.09 Å². The molecule has 12 heavy (non-hydrogen) atoms. The quantitative estimate of drug-likeness (QED) is 0.621. The average Bonchev–Trinajstić information content (AvgIpc) is 2.34. The van der Waals surface area contributed by atoms with Crippen LogP contribution in [0.3, 0.4) is 0 Å². The molecular weight excluding hydrogens is 156 g/mol. The highest BCUT2D eigenvalue weighted by Crippen LogP contribution is 2.19. The number of carbonyl (C=O) groups is 1. The second kappa shape index (κ2) is 2.94. The van der Waals surface area contributed by atoms with Gasteiger partial charge < -0.3 is 10.0 Å². The number of carboxylic acid groups (broad SMARTS) is 1. The number of amides is 1. The first-order valence-electron chi connectivity index (χ1n) is 4.49. The predicted octanol–water partition coefficient (Wildman–Crippen LogP) is 0.444. The van der Waals surface area contributed by atoms with Crippen LogP contribution < -0.4 is 0 Å². The van der Waals surface area contributed by atoms with E-state index < -0.39 is 6.09 Å². The molecule has 1 N–H and O–H groups in total. The third-order valence-corrected chi connectivity index (χ3v) is 2.79. The van der Waals surface area contributed by atoms with Gasteiger partial charge in [0, 0.05) is 19.1 Å². The van der Waals surface area contributed by atoms with Crippen LogP contribution in [0.15, 0.2) is 0 Å². The fraction of sp³-hybridized carbons (Fsp3) is 0.875. The molecule has 1 amide bonds. The van der Waals surface area contributed by atoms with Crippen LogP contribution in [-0.4, -0.2) is 53.2 Å². The minimum absolute atomic E-state index is 0.517. The van der Waals surface area contributed by atoms with Gasteiger partial charge in [0.1, 0.15) is 0 Å². The molecule has 2 aliphatic heterocycles. The minimum atomic E-state index is -0.773. The SMILES string of the molecule is O=C(O)N1CC(N2CCCC2)C1. The third-order valence-electron chi connectivity index (χ3n) is 2.79. The Bertz CT molecular complexity index is 183. The Hall–Kier alpha value is -0.770. The Balaban J connectivity index is 1.77. The van der Waals surface area contributed by atoms with Crippen LogP contribution in [0, 0.1) is 0 Å². The van der Waals surface area contributed by atoms with Gasteiger partial charge >= 0.3 is 6.09 Å². The first-order chi connectivity index (χ1) is 5.77. The van der Waals surface area contributed by atoms with Crippen molar-refractivity contribution in [3.05, 3.63) is 0 Å². The Morgan fingerprint density at radius 2 is 1.83 bits per heavy atom. The van der Waals surface area contributed by atoms with Gasteiger partial charge in [-0.25, -0.2) is 4.79 Å². The topological polar surface area (TPSA) is 43.8 Å². The molecule has 2 saturated heterocycles. The standard InChI is InChI=1S/C8H14N2O2/c11-8(12)10-5-7(6-10)9-3-1-2-4-9/h7H,1-6H2,(H,11,12). The molecule has 0 aromatic rings. The lowest BCUT2D eigenvalue weighted by Crippen LogP contribution is -2.60. The van der Waals surface area contributed by atoms with Crippen LogP contribution in [0.5, 0.6) is 0 Å². The summed E-state index contributed by atoms with van der Waals surface area (Å²) < 4.78 is 0. The molecule has 4 heteroatoms. The van der Waals surface area contributed by atoms with Gasteiger partial charge in [0.15, 0.2) is 0 Å². The smallest absolute Gasteiger partial charge is 0.407 e. The fourth-order valence-electron chi connectivity index (χ4n) is 1.95. The molecule has 0 atom stereocenters. The van der Waals surface area contributed by atoms with Crippen LogP contribution in [0.2, 0.25) is 0 Å². The van der Waals surface area contributed by atoms with Gasteiger partial charge in [0.2, 0.25) is 0 Å². The van der Waals surface area contributed by atoms with Crippen LogP contribution in [0.1, 0.15) is 12.8 Å². The van der Waals surface area contributed by atoms with Crippen molar-refractivity contribution in [3.63, 3.8) is 0 Å². The zero-order valence-electron chi connectivity index (χ0n) is 7.07. The van der Waals surface area contributed by atoms with Crippen LogP contribution in [0.25, 0.3) is 0 Å². The number of hydrogen-bond donors (Lipinski definition) is 1. The Kier molecular flexibility index (Phi) is 1.92. The van der Waals surface area contributed by atoms with Gasteiger partial charge in [-0.2, -0.15) is 0 Å². The average molecular weight is 170 g/mol. The van der Waals surface area contributed by atoms with Crippen LogP contribution in [0.4, 0.5) is 4.79 Å². The maximum atomic E-state index is 10.4. The van der Waals surface area contributed by atoms with E-state index in [2.05, 4.69) is 4.90 Å². The Morgan fingerprint density at radius 1 is 1.25 bits per heavy atom. The van der Waals surface area contributed by atoms with Crippen LogP contribution in [-0.2, 0) is 0 Å². The first-order valence-corrected chi connectivity index (χ1v) is 4.49. The van der Waals surface area contributed by atoms with E-state index >= 15 is 0 Å². The van der Waals surface area contributed by atoms with Gasteiger partial charge in [-0.15, -0.1) is 0 Å². The lowest BCUT2D eigenvalue weighted by molar-refractivity contribution is 0.0481. The summed E-state index contributed by atoms with van der Waals surface area (Å²) in [6.07, 6.45) is 1.79. The lowest BCUT2D eigenvalue weighted by Gasteiger charge is -2.42. The van der Waals surface area contributed by atoms with Crippen molar-refractivity contribution in [1.29, 1.82) is 0 Å². The van der Waals surface area contributed by atoms with E-state index in [0.717, 1.165) is 26.2 Å². The molecule has 0 bridgehead atoms. The van der Waals surface area contributed by atoms with Gasteiger partial charge in [0.25, 0.3) is 0 Å². The van der Waals surface area contributed by atoms with E-state index in [1.54, 1.807) is 0 Å². The molecular formula is C8H14N2O2. The second-order valence-electron chi connectivity index (χ2n) is 3.58. The van der Waals surface area contributed by atoms with Gasteiger partial charge in [-0.1, -0.05) is 0 Å². The third kappa shape index (κ3) is 1.27. The van der Waals surface area contributed by atoms with Crippen molar-refractivity contribution in [2.45, 2.75) is 18.9 Å². The number of nitrogens with zero attached hydrogens (tertiary/aromatic N) is 2. The summed E-state index contributed by atoms with van der Waals surface area (Å²) in [5, 5.41) is 8.60. The summed E-state index contributed by atoms with van der Waals surface area (Å²) >= 11 is 0. The van der Waals surface area contributed by atoms with E-state index in [4.69, 9.17) is 5.11 Å². The molecule has 2 fully saturated rings. The zero-order chi connectivity index (χ0) is 8.55. The molecule has 4 nitrogen and oxygen atoms in total. The van der Waals surface area contributed by atoms with Crippen molar-refractivity contribution in [2.24, 2.45) is 0 Å². The number of hydrogen-bond acceptors (Lipinski definition) is 2. The molecule has 2 rings (SSSR count). The van der Waals surface area contributed by atoms with Crippen molar-refractivity contribution in [2.75, 3.05) is 26.2 Å². The number of rotatable bonds is 1. The van der Waals surface area contributed by atoms with Gasteiger partial charge in [-0.05, 0) is 25.9 Å². The summed E-state index contributed by atoms with van der Waals surface area (Å²) in [5.74, 6) is 0. The van der Waals surface area contributed by atoms with Crippen LogP contribution >= 0.6 is 0 Å². The Labute approximate surface area is 71.8 Å². The predicted molar refractivity (Wildman–Crippen MR) is 44.2 cm³/mol. The minimum Gasteiger partial charge on any atom is -0.465 e. The molecule has 0 aliphatic carbocycles. The highest BCUT2D eigenvalue weighted by Gasteiger charge is 2.35. The lowest BCUT2D eigenvalue weighted by atomic mass is 10.1. The van der Waals surface area contributed by atoms with E-state index in [0.29, 0.717) is 6.04 Å². The zero-order valence-corrected chi connectivity index (χ0v) is 7.07. The van der Waals surface area contributed by atoms with E-state index in [9.17, 15) is 4.79 Å². The molecule has 0 aromatic heterocycles. The molecule has 0 radical (unpaired) electrons. The van der Waals surface area contributed by atoms with Crippen molar-refractivity contribution in [1.82, 2.24) is 9.80 Å². The van der Waals surface area contributed by atoms with E-state index in [1.807, 2.05) is 0 Å². The second-order valence-corrected chi connectivity index (χ2v) is 3.58. The molecule has 0 saturated carbocycles. The summed E-state index contributed by atoms with van der Waals surface area (Å²) in [4.78, 5) is 14.3. The van der Waals surface area contributed by atoms with E-state index in [1.165, 1.54) is 17.7 Å². The number of likely N-dealkylation sites (tertiary alicyclic amines) is 2. The summed E-state index contributed by atoms with van der Waals surface area (Å²) in [7, 11) is 0. The van der Waals surface area contributed by atoms with Crippen molar-refractivity contribution < 1.29 is 9.90 Å². The first kappa shape index (κ1) is 7.86. The molecule has 68 valence electrons.